The van der Waals surface area contributed by atoms with Gasteiger partial charge in [0.05, 0.1) is 12.1 Å². The van der Waals surface area contributed by atoms with Gasteiger partial charge in [0, 0.05) is 25.1 Å². The van der Waals surface area contributed by atoms with Crippen LogP contribution in [0.4, 0.5) is 0 Å². The molecule has 3 aromatic rings. The van der Waals surface area contributed by atoms with Gasteiger partial charge in [0.1, 0.15) is 5.69 Å². The third-order valence-electron chi connectivity index (χ3n) is 5.18. The van der Waals surface area contributed by atoms with Crippen LogP contribution in [0.15, 0.2) is 66.7 Å². The van der Waals surface area contributed by atoms with Crippen molar-refractivity contribution in [3.05, 3.63) is 78.0 Å². The van der Waals surface area contributed by atoms with Gasteiger partial charge in [-0.2, -0.15) is 0 Å². The molecule has 0 radical (unpaired) electrons. The molecule has 1 fully saturated rings. The number of likely N-dealkylation sites (tertiary alicyclic amines) is 1. The molecule has 1 aliphatic rings. The fraction of sp³-hybridized carbons (Fsp3) is 0.304. The minimum atomic E-state index is 0.0319. The number of hydrogen-bond donors (Lipinski definition) is 0. The lowest BCUT2D eigenvalue weighted by Crippen LogP contribution is -2.39. The van der Waals surface area contributed by atoms with Crippen molar-refractivity contribution in [2.45, 2.75) is 19.4 Å². The molecule has 1 aromatic heterocycles. The molecule has 4 heteroatoms. The topological polar surface area (TPSA) is 42.4 Å². The molecule has 138 valence electrons. The maximum absolute atomic E-state index is 12.8. The third-order valence-corrected chi connectivity index (χ3v) is 5.18. The first-order valence-corrected chi connectivity index (χ1v) is 9.56. The Morgan fingerprint density at radius 1 is 0.963 bits per heavy atom. The second-order valence-electron chi connectivity index (χ2n) is 7.13. The first kappa shape index (κ1) is 17.7. The van der Waals surface area contributed by atoms with Crippen molar-refractivity contribution in [2.75, 3.05) is 19.7 Å². The van der Waals surface area contributed by atoms with Crippen molar-refractivity contribution >= 4 is 16.8 Å². The molecule has 0 atom stereocenters. The number of rotatable bonds is 5. The Morgan fingerprint density at radius 3 is 2.52 bits per heavy atom. The number of nitrogens with zero attached hydrogens (tertiary/aromatic N) is 2. The summed E-state index contributed by atoms with van der Waals surface area (Å²) in [7, 11) is 0. The van der Waals surface area contributed by atoms with E-state index < -0.39 is 0 Å². The van der Waals surface area contributed by atoms with E-state index >= 15 is 0 Å². The SMILES string of the molecule is O=C(c1ccc2ccccc2n1)N1CCC(COCc2ccccc2)CC1. The zero-order valence-electron chi connectivity index (χ0n) is 15.4. The Labute approximate surface area is 159 Å². The van der Waals surface area contributed by atoms with Crippen molar-refractivity contribution in [3.8, 4) is 0 Å². The van der Waals surface area contributed by atoms with Crippen molar-refractivity contribution in [3.63, 3.8) is 0 Å². The normalized spacial score (nSPS) is 15.2. The Hall–Kier alpha value is -2.72. The van der Waals surface area contributed by atoms with Gasteiger partial charge in [0.15, 0.2) is 0 Å². The lowest BCUT2D eigenvalue weighted by Gasteiger charge is -2.31. The Kier molecular flexibility index (Phi) is 5.45. The van der Waals surface area contributed by atoms with E-state index in [0.717, 1.165) is 43.4 Å². The molecule has 0 aliphatic carbocycles. The summed E-state index contributed by atoms with van der Waals surface area (Å²) in [4.78, 5) is 19.2. The van der Waals surface area contributed by atoms with Crippen molar-refractivity contribution in [1.82, 2.24) is 9.88 Å². The second-order valence-corrected chi connectivity index (χ2v) is 7.13. The van der Waals surface area contributed by atoms with E-state index in [2.05, 4.69) is 17.1 Å². The lowest BCUT2D eigenvalue weighted by molar-refractivity contribution is 0.0475. The number of pyridine rings is 1. The van der Waals surface area contributed by atoms with Gasteiger partial charge in [-0.25, -0.2) is 4.98 Å². The summed E-state index contributed by atoms with van der Waals surface area (Å²) in [6, 6.07) is 21.9. The van der Waals surface area contributed by atoms with Crippen LogP contribution in [0.5, 0.6) is 0 Å². The Balaban J connectivity index is 1.28. The Bertz CT molecular complexity index is 902. The molecule has 0 N–H and O–H groups in total. The lowest BCUT2D eigenvalue weighted by atomic mass is 9.97. The van der Waals surface area contributed by atoms with Crippen LogP contribution in [0, 0.1) is 5.92 Å². The molecule has 0 unspecified atom stereocenters. The predicted molar refractivity (Wildman–Crippen MR) is 106 cm³/mol. The van der Waals surface area contributed by atoms with Gasteiger partial charge < -0.3 is 9.64 Å². The first-order chi connectivity index (χ1) is 13.3. The van der Waals surface area contributed by atoms with E-state index in [0.29, 0.717) is 18.2 Å². The predicted octanol–water partition coefficient (Wildman–Crippen LogP) is 4.30. The molecule has 0 spiro atoms. The summed E-state index contributed by atoms with van der Waals surface area (Å²) < 4.78 is 5.87. The highest BCUT2D eigenvalue weighted by atomic mass is 16.5. The van der Waals surface area contributed by atoms with Crippen molar-refractivity contribution in [2.24, 2.45) is 5.92 Å². The van der Waals surface area contributed by atoms with Crippen LogP contribution in [0.2, 0.25) is 0 Å². The summed E-state index contributed by atoms with van der Waals surface area (Å²) >= 11 is 0. The molecule has 1 aliphatic heterocycles. The van der Waals surface area contributed by atoms with Crippen molar-refractivity contribution in [1.29, 1.82) is 0 Å². The molecule has 27 heavy (non-hydrogen) atoms. The summed E-state index contributed by atoms with van der Waals surface area (Å²) in [5, 5.41) is 1.06. The van der Waals surface area contributed by atoms with E-state index in [4.69, 9.17) is 4.74 Å². The molecule has 4 nitrogen and oxygen atoms in total. The fourth-order valence-corrected chi connectivity index (χ4v) is 3.57. The average Bonchev–Trinajstić information content (AvgIpc) is 2.74. The highest BCUT2D eigenvalue weighted by molar-refractivity contribution is 5.94. The minimum absolute atomic E-state index is 0.0319. The number of aromatic nitrogens is 1. The molecule has 4 rings (SSSR count). The molecular formula is C23H24N2O2. The molecule has 0 bridgehead atoms. The fourth-order valence-electron chi connectivity index (χ4n) is 3.57. The maximum Gasteiger partial charge on any atom is 0.272 e. The van der Waals surface area contributed by atoms with Crippen LogP contribution in [0.25, 0.3) is 10.9 Å². The van der Waals surface area contributed by atoms with E-state index in [1.807, 2.05) is 59.5 Å². The van der Waals surface area contributed by atoms with E-state index in [1.54, 1.807) is 0 Å². The molecular weight excluding hydrogens is 336 g/mol. The van der Waals surface area contributed by atoms with Gasteiger partial charge in [0.25, 0.3) is 5.91 Å². The summed E-state index contributed by atoms with van der Waals surface area (Å²) in [6.45, 7) is 2.95. The Morgan fingerprint density at radius 2 is 1.70 bits per heavy atom. The third kappa shape index (κ3) is 4.34. The van der Waals surface area contributed by atoms with Crippen LogP contribution >= 0.6 is 0 Å². The zero-order chi connectivity index (χ0) is 18.5. The molecule has 1 saturated heterocycles. The van der Waals surface area contributed by atoms with Gasteiger partial charge >= 0.3 is 0 Å². The highest BCUT2D eigenvalue weighted by Gasteiger charge is 2.24. The standard InChI is InChI=1S/C23H24N2O2/c26-23(22-11-10-20-8-4-5-9-21(20)24-22)25-14-12-19(13-15-25)17-27-16-18-6-2-1-3-7-18/h1-11,19H,12-17H2. The highest BCUT2D eigenvalue weighted by Crippen LogP contribution is 2.20. The number of carbonyl (C=O) groups is 1. The molecule has 0 saturated carbocycles. The maximum atomic E-state index is 12.8. The molecule has 2 heterocycles. The smallest absolute Gasteiger partial charge is 0.272 e. The first-order valence-electron chi connectivity index (χ1n) is 9.56. The quantitative estimate of drug-likeness (QED) is 0.681. The van der Waals surface area contributed by atoms with Gasteiger partial charge in [-0.15, -0.1) is 0 Å². The van der Waals surface area contributed by atoms with Gasteiger partial charge in [-0.05, 0) is 36.5 Å². The summed E-state index contributed by atoms with van der Waals surface area (Å²) in [5.74, 6) is 0.548. The van der Waals surface area contributed by atoms with Gasteiger partial charge in [-0.1, -0.05) is 54.6 Å². The average molecular weight is 360 g/mol. The van der Waals surface area contributed by atoms with Crippen LogP contribution in [0.1, 0.15) is 28.9 Å². The monoisotopic (exact) mass is 360 g/mol. The number of amides is 1. The zero-order valence-corrected chi connectivity index (χ0v) is 15.4. The second kappa shape index (κ2) is 8.31. The van der Waals surface area contributed by atoms with E-state index in [-0.39, 0.29) is 5.91 Å². The van der Waals surface area contributed by atoms with E-state index in [9.17, 15) is 4.79 Å². The van der Waals surface area contributed by atoms with Gasteiger partial charge in [-0.3, -0.25) is 4.79 Å². The number of para-hydroxylation sites is 1. The van der Waals surface area contributed by atoms with Crippen molar-refractivity contribution < 1.29 is 9.53 Å². The number of fused-ring (bicyclic) bond motifs is 1. The number of ether oxygens (including phenoxy) is 1. The largest absolute Gasteiger partial charge is 0.376 e. The number of hydrogen-bond acceptors (Lipinski definition) is 3. The molecule has 1 amide bonds. The molecule has 2 aromatic carbocycles. The minimum Gasteiger partial charge on any atom is -0.376 e. The van der Waals surface area contributed by atoms with Crippen LogP contribution in [-0.2, 0) is 11.3 Å². The number of piperidine rings is 1. The summed E-state index contributed by atoms with van der Waals surface area (Å²) in [6.07, 6.45) is 1.96. The number of carbonyl (C=O) groups excluding carboxylic acids is 1. The van der Waals surface area contributed by atoms with Crippen LogP contribution in [-0.4, -0.2) is 35.5 Å². The van der Waals surface area contributed by atoms with Gasteiger partial charge in [0.2, 0.25) is 0 Å². The number of benzene rings is 2. The van der Waals surface area contributed by atoms with Crippen LogP contribution in [0.3, 0.4) is 0 Å². The summed E-state index contributed by atoms with van der Waals surface area (Å²) in [5.41, 5.74) is 2.60. The van der Waals surface area contributed by atoms with Crippen LogP contribution < -0.4 is 0 Å². The van der Waals surface area contributed by atoms with E-state index in [1.165, 1.54) is 5.56 Å².